The van der Waals surface area contributed by atoms with Gasteiger partial charge in [0.05, 0.1) is 12.2 Å². The molecule has 0 radical (unpaired) electrons. The van der Waals surface area contributed by atoms with Crippen LogP contribution in [0.15, 0.2) is 48.5 Å². The van der Waals surface area contributed by atoms with Gasteiger partial charge in [0.15, 0.2) is 6.29 Å². The van der Waals surface area contributed by atoms with E-state index in [-0.39, 0.29) is 12.3 Å². The van der Waals surface area contributed by atoms with Gasteiger partial charge in [0.1, 0.15) is 11.5 Å². The van der Waals surface area contributed by atoms with Crippen LogP contribution < -0.4 is 9.47 Å². The molecule has 5 heteroatoms. The predicted molar refractivity (Wildman–Crippen MR) is 125 cm³/mol. The maximum Gasteiger partial charge on any atom is 0.343 e. The van der Waals surface area contributed by atoms with Gasteiger partial charge in [-0.05, 0) is 75.4 Å². The van der Waals surface area contributed by atoms with Crippen molar-refractivity contribution in [1.29, 1.82) is 0 Å². The standard InChI is InChI=1S/C27H36O5/c1-22-11-15-25(16-12-22)32-27(28)23-13-17-24(18-14-23)29-19-7-4-2-3-5-8-20-30-26-10-6-9-21-31-26/h11-18,26H,2-10,19-21H2,1H3. The fraction of sp³-hybridized carbons (Fsp3) is 0.519. The van der Waals surface area contributed by atoms with Gasteiger partial charge < -0.3 is 18.9 Å². The van der Waals surface area contributed by atoms with Crippen LogP contribution >= 0.6 is 0 Å². The van der Waals surface area contributed by atoms with E-state index in [1.165, 1.54) is 25.7 Å². The second kappa shape index (κ2) is 13.9. The molecule has 1 saturated heterocycles. The molecule has 5 nitrogen and oxygen atoms in total. The Kier molecular flexibility index (Phi) is 10.6. The molecule has 0 bridgehead atoms. The van der Waals surface area contributed by atoms with E-state index in [9.17, 15) is 4.79 Å². The number of carbonyl (C=O) groups excluding carboxylic acids is 1. The van der Waals surface area contributed by atoms with Gasteiger partial charge in [-0.1, -0.05) is 43.4 Å². The topological polar surface area (TPSA) is 54.0 Å². The molecule has 0 N–H and O–H groups in total. The van der Waals surface area contributed by atoms with E-state index in [0.29, 0.717) is 17.9 Å². The van der Waals surface area contributed by atoms with Crippen LogP contribution in [0.1, 0.15) is 73.7 Å². The van der Waals surface area contributed by atoms with Crippen molar-refractivity contribution in [2.24, 2.45) is 0 Å². The summed E-state index contributed by atoms with van der Waals surface area (Å²) in [4.78, 5) is 12.2. The molecule has 0 saturated carbocycles. The molecule has 0 amide bonds. The van der Waals surface area contributed by atoms with Gasteiger partial charge in [-0.25, -0.2) is 4.79 Å². The Balaban J connectivity index is 1.20. The smallest absolute Gasteiger partial charge is 0.343 e. The van der Waals surface area contributed by atoms with Crippen LogP contribution in [-0.4, -0.2) is 32.1 Å². The Bertz CT molecular complexity index is 779. The number of benzene rings is 2. The predicted octanol–water partition coefficient (Wildman–Crippen LogP) is 6.48. The minimum absolute atomic E-state index is 0.0359. The van der Waals surface area contributed by atoms with Crippen LogP contribution in [0.4, 0.5) is 0 Å². The summed E-state index contributed by atoms with van der Waals surface area (Å²) in [5.74, 6) is 0.961. The maximum absolute atomic E-state index is 12.2. The molecule has 1 heterocycles. The van der Waals surface area contributed by atoms with Crippen LogP contribution in [0.5, 0.6) is 11.5 Å². The molecule has 2 aromatic carbocycles. The number of esters is 1. The number of ether oxygens (including phenoxy) is 4. The highest BCUT2D eigenvalue weighted by Gasteiger charge is 2.13. The van der Waals surface area contributed by atoms with Crippen LogP contribution in [0.25, 0.3) is 0 Å². The van der Waals surface area contributed by atoms with E-state index >= 15 is 0 Å². The summed E-state index contributed by atoms with van der Waals surface area (Å²) >= 11 is 0. The van der Waals surface area contributed by atoms with Gasteiger partial charge in [0.2, 0.25) is 0 Å². The minimum atomic E-state index is -0.364. The molecular formula is C27H36O5. The van der Waals surface area contributed by atoms with Gasteiger partial charge in [-0.15, -0.1) is 0 Å². The van der Waals surface area contributed by atoms with E-state index in [0.717, 1.165) is 56.6 Å². The summed E-state index contributed by atoms with van der Waals surface area (Å²) in [7, 11) is 0. The zero-order valence-corrected chi connectivity index (χ0v) is 19.2. The van der Waals surface area contributed by atoms with Gasteiger partial charge in [-0.3, -0.25) is 0 Å². The van der Waals surface area contributed by atoms with Crippen LogP contribution in [-0.2, 0) is 9.47 Å². The molecule has 1 aliphatic heterocycles. The molecule has 1 atom stereocenters. The van der Waals surface area contributed by atoms with E-state index < -0.39 is 0 Å². The SMILES string of the molecule is Cc1ccc(OC(=O)c2ccc(OCCCCCCCCOC3CCCCO3)cc2)cc1. The average molecular weight is 441 g/mol. The van der Waals surface area contributed by atoms with Gasteiger partial charge in [-0.2, -0.15) is 0 Å². The maximum atomic E-state index is 12.2. The number of carbonyl (C=O) groups is 1. The fourth-order valence-corrected chi connectivity index (χ4v) is 3.62. The summed E-state index contributed by atoms with van der Waals surface area (Å²) in [6.07, 6.45) is 10.4. The monoisotopic (exact) mass is 440 g/mol. The lowest BCUT2D eigenvalue weighted by Gasteiger charge is -2.22. The fourth-order valence-electron chi connectivity index (χ4n) is 3.62. The third-order valence-corrected chi connectivity index (χ3v) is 5.57. The number of aryl methyl sites for hydroxylation is 1. The number of hydrogen-bond donors (Lipinski definition) is 0. The lowest BCUT2D eigenvalue weighted by atomic mass is 10.1. The molecular weight excluding hydrogens is 404 g/mol. The first-order chi connectivity index (χ1) is 15.7. The molecule has 1 unspecified atom stereocenters. The van der Waals surface area contributed by atoms with Crippen LogP contribution in [0.2, 0.25) is 0 Å². The minimum Gasteiger partial charge on any atom is -0.494 e. The largest absolute Gasteiger partial charge is 0.494 e. The Morgan fingerprint density at radius 2 is 1.50 bits per heavy atom. The first-order valence-electron chi connectivity index (χ1n) is 12.0. The van der Waals surface area contributed by atoms with Crippen LogP contribution in [0.3, 0.4) is 0 Å². The highest BCUT2D eigenvalue weighted by Crippen LogP contribution is 2.17. The summed E-state index contributed by atoms with van der Waals surface area (Å²) in [6.45, 7) is 4.34. The lowest BCUT2D eigenvalue weighted by molar-refractivity contribution is -0.162. The Morgan fingerprint density at radius 3 is 2.19 bits per heavy atom. The summed E-state index contributed by atoms with van der Waals surface area (Å²) in [6, 6.07) is 14.6. The molecule has 1 aliphatic rings. The van der Waals surface area contributed by atoms with E-state index in [1.807, 2.05) is 31.2 Å². The van der Waals surface area contributed by atoms with Crippen molar-refractivity contribution in [3.8, 4) is 11.5 Å². The second-order valence-electron chi connectivity index (χ2n) is 8.36. The Labute approximate surface area is 192 Å². The molecule has 0 aliphatic carbocycles. The summed E-state index contributed by atoms with van der Waals surface area (Å²) in [5.41, 5.74) is 1.64. The lowest BCUT2D eigenvalue weighted by Crippen LogP contribution is -2.22. The highest BCUT2D eigenvalue weighted by atomic mass is 16.7. The van der Waals surface area contributed by atoms with Crippen molar-refractivity contribution in [2.45, 2.75) is 71.0 Å². The zero-order chi connectivity index (χ0) is 22.4. The second-order valence-corrected chi connectivity index (χ2v) is 8.36. The number of hydrogen-bond acceptors (Lipinski definition) is 5. The number of rotatable bonds is 13. The van der Waals surface area contributed by atoms with E-state index in [2.05, 4.69) is 0 Å². The summed E-state index contributed by atoms with van der Waals surface area (Å²) < 4.78 is 22.5. The van der Waals surface area contributed by atoms with E-state index in [4.69, 9.17) is 18.9 Å². The first-order valence-corrected chi connectivity index (χ1v) is 12.0. The quantitative estimate of drug-likeness (QED) is 0.203. The molecule has 2 aromatic rings. The van der Waals surface area contributed by atoms with Gasteiger partial charge in [0, 0.05) is 13.2 Å². The van der Waals surface area contributed by atoms with Crippen molar-refractivity contribution in [1.82, 2.24) is 0 Å². The van der Waals surface area contributed by atoms with Gasteiger partial charge in [0.25, 0.3) is 0 Å². The summed E-state index contributed by atoms with van der Waals surface area (Å²) in [5, 5.41) is 0. The molecule has 174 valence electrons. The average Bonchev–Trinajstić information content (AvgIpc) is 2.83. The van der Waals surface area contributed by atoms with Crippen LogP contribution in [0, 0.1) is 6.92 Å². The molecule has 3 rings (SSSR count). The zero-order valence-electron chi connectivity index (χ0n) is 19.2. The highest BCUT2D eigenvalue weighted by molar-refractivity contribution is 5.91. The van der Waals surface area contributed by atoms with Crippen molar-refractivity contribution in [2.75, 3.05) is 19.8 Å². The van der Waals surface area contributed by atoms with Crippen molar-refractivity contribution in [3.05, 3.63) is 59.7 Å². The first kappa shape index (κ1) is 24.3. The molecule has 0 spiro atoms. The Hall–Kier alpha value is -2.37. The molecule has 0 aromatic heterocycles. The third kappa shape index (κ3) is 9.01. The van der Waals surface area contributed by atoms with Crippen molar-refractivity contribution < 1.29 is 23.7 Å². The van der Waals surface area contributed by atoms with Crippen molar-refractivity contribution >= 4 is 5.97 Å². The normalized spacial score (nSPS) is 16.0. The number of unbranched alkanes of at least 4 members (excludes halogenated alkanes) is 5. The molecule has 32 heavy (non-hydrogen) atoms. The molecule has 1 fully saturated rings. The van der Waals surface area contributed by atoms with E-state index in [1.54, 1.807) is 24.3 Å². The van der Waals surface area contributed by atoms with Gasteiger partial charge >= 0.3 is 5.97 Å². The van der Waals surface area contributed by atoms with Crippen molar-refractivity contribution in [3.63, 3.8) is 0 Å². The third-order valence-electron chi connectivity index (χ3n) is 5.57. The Morgan fingerprint density at radius 1 is 0.844 bits per heavy atom.